The lowest BCUT2D eigenvalue weighted by atomic mass is 10.1. The molecule has 0 fully saturated rings. The quantitative estimate of drug-likeness (QED) is 0.877. The lowest BCUT2D eigenvalue weighted by Crippen LogP contribution is -1.97. The fourth-order valence-electron chi connectivity index (χ4n) is 1.68. The Morgan fingerprint density at radius 3 is 2.81 bits per heavy atom. The Hall–Kier alpha value is -1.55. The van der Waals surface area contributed by atoms with Gasteiger partial charge in [0.1, 0.15) is 0 Å². The van der Waals surface area contributed by atoms with Gasteiger partial charge in [0, 0.05) is 10.9 Å². The molecule has 0 amide bonds. The average molecular weight is 243 g/mol. The average Bonchev–Trinajstić information content (AvgIpc) is 2.62. The normalized spacial score (nSPS) is 10.9. The van der Waals surface area contributed by atoms with Crippen molar-refractivity contribution in [2.24, 2.45) is 0 Å². The molecule has 0 aliphatic carbocycles. The van der Waals surface area contributed by atoms with Gasteiger partial charge in [-0.15, -0.1) is 0 Å². The summed E-state index contributed by atoms with van der Waals surface area (Å²) < 4.78 is 18.6. The zero-order chi connectivity index (χ0) is 11.9. The third-order valence-electron chi connectivity index (χ3n) is 2.40. The molecule has 2 rings (SSSR count). The minimum atomic E-state index is -1.21. The van der Waals surface area contributed by atoms with E-state index in [9.17, 15) is 9.18 Å². The van der Waals surface area contributed by atoms with Crippen LogP contribution in [0.4, 0.5) is 4.39 Å². The maximum absolute atomic E-state index is 13.6. The van der Waals surface area contributed by atoms with Gasteiger partial charge in [0.2, 0.25) is 5.76 Å². The first-order chi connectivity index (χ1) is 7.56. The smallest absolute Gasteiger partial charge is 0.372 e. The van der Waals surface area contributed by atoms with Crippen LogP contribution in [0.25, 0.3) is 11.0 Å². The molecule has 1 heterocycles. The number of rotatable bonds is 2. The van der Waals surface area contributed by atoms with Gasteiger partial charge < -0.3 is 9.52 Å². The Labute approximate surface area is 95.4 Å². The van der Waals surface area contributed by atoms with Crippen molar-refractivity contribution >= 4 is 28.5 Å². The summed E-state index contributed by atoms with van der Waals surface area (Å²) in [6.07, 6.45) is 0.454. The van der Waals surface area contributed by atoms with Crippen LogP contribution in [0.1, 0.15) is 23.0 Å². The van der Waals surface area contributed by atoms with Gasteiger partial charge in [-0.25, -0.2) is 9.18 Å². The van der Waals surface area contributed by atoms with Crippen molar-refractivity contribution < 1.29 is 18.7 Å². The lowest BCUT2D eigenvalue weighted by molar-refractivity contribution is 0.0663. The summed E-state index contributed by atoms with van der Waals surface area (Å²) >= 11 is 5.59. The number of carboxylic acids is 1. The molecule has 0 aliphatic heterocycles. The Kier molecular flexibility index (Phi) is 2.59. The number of carboxylic acid groups (broad SMARTS) is 1. The van der Waals surface area contributed by atoms with Gasteiger partial charge in [-0.2, -0.15) is 0 Å². The number of hydrogen-bond acceptors (Lipinski definition) is 2. The second-order valence-corrected chi connectivity index (χ2v) is 3.71. The third kappa shape index (κ3) is 1.46. The maximum atomic E-state index is 13.6. The van der Waals surface area contributed by atoms with E-state index in [1.807, 2.05) is 0 Å². The molecular formula is C11H8ClFO3. The highest BCUT2D eigenvalue weighted by Gasteiger charge is 2.21. The Morgan fingerprint density at radius 1 is 1.56 bits per heavy atom. The first-order valence-electron chi connectivity index (χ1n) is 4.69. The number of halogens is 2. The second-order valence-electron chi connectivity index (χ2n) is 3.31. The van der Waals surface area contributed by atoms with Crippen LogP contribution in [-0.2, 0) is 6.42 Å². The molecule has 1 N–H and O–H groups in total. The number of benzene rings is 1. The fourth-order valence-corrected chi connectivity index (χ4v) is 1.83. The van der Waals surface area contributed by atoms with Crippen LogP contribution < -0.4 is 0 Å². The van der Waals surface area contributed by atoms with Gasteiger partial charge in [-0.1, -0.05) is 18.5 Å². The summed E-state index contributed by atoms with van der Waals surface area (Å²) in [6.45, 7) is 1.78. The molecule has 1 aromatic heterocycles. The van der Waals surface area contributed by atoms with Crippen LogP contribution >= 0.6 is 11.6 Å². The van der Waals surface area contributed by atoms with E-state index in [0.29, 0.717) is 17.4 Å². The first-order valence-corrected chi connectivity index (χ1v) is 5.06. The van der Waals surface area contributed by atoms with Gasteiger partial charge >= 0.3 is 5.97 Å². The minimum Gasteiger partial charge on any atom is -0.475 e. The summed E-state index contributed by atoms with van der Waals surface area (Å²) in [5, 5.41) is 9.29. The van der Waals surface area contributed by atoms with E-state index in [0.717, 1.165) is 0 Å². The SMILES string of the molecule is CCc1c(C(=O)O)oc2c(F)c(Cl)ccc12. The van der Waals surface area contributed by atoms with Crippen molar-refractivity contribution in [1.82, 2.24) is 0 Å². The fraction of sp³-hybridized carbons (Fsp3) is 0.182. The molecule has 0 saturated carbocycles. The topological polar surface area (TPSA) is 50.4 Å². The van der Waals surface area contributed by atoms with Gasteiger partial charge in [-0.3, -0.25) is 0 Å². The van der Waals surface area contributed by atoms with Crippen molar-refractivity contribution in [2.45, 2.75) is 13.3 Å². The number of aromatic carboxylic acids is 1. The van der Waals surface area contributed by atoms with Gasteiger partial charge in [0.05, 0.1) is 5.02 Å². The molecule has 0 bridgehead atoms. The summed E-state index contributed by atoms with van der Waals surface area (Å²) in [6, 6.07) is 2.95. The van der Waals surface area contributed by atoms with Crippen LogP contribution in [0.5, 0.6) is 0 Å². The second kappa shape index (κ2) is 3.79. The standard InChI is InChI=1S/C11H8ClFO3/c1-2-5-6-3-4-7(12)8(13)9(6)16-10(5)11(14)15/h3-4H,2H2,1H3,(H,14,15). The van der Waals surface area contributed by atoms with Crippen LogP contribution in [-0.4, -0.2) is 11.1 Å². The highest BCUT2D eigenvalue weighted by molar-refractivity contribution is 6.31. The van der Waals surface area contributed by atoms with E-state index in [-0.39, 0.29) is 16.4 Å². The monoisotopic (exact) mass is 242 g/mol. The third-order valence-corrected chi connectivity index (χ3v) is 2.69. The maximum Gasteiger partial charge on any atom is 0.372 e. The van der Waals surface area contributed by atoms with Crippen molar-refractivity contribution in [1.29, 1.82) is 0 Å². The molecule has 5 heteroatoms. The largest absolute Gasteiger partial charge is 0.475 e. The van der Waals surface area contributed by atoms with E-state index >= 15 is 0 Å². The zero-order valence-corrected chi connectivity index (χ0v) is 9.14. The van der Waals surface area contributed by atoms with E-state index in [2.05, 4.69) is 0 Å². The number of carbonyl (C=O) groups is 1. The summed E-state index contributed by atoms with van der Waals surface area (Å²) in [4.78, 5) is 10.9. The summed E-state index contributed by atoms with van der Waals surface area (Å²) in [7, 11) is 0. The Morgan fingerprint density at radius 2 is 2.25 bits per heavy atom. The molecular weight excluding hydrogens is 235 g/mol. The minimum absolute atomic E-state index is 0.0826. The van der Waals surface area contributed by atoms with E-state index in [4.69, 9.17) is 21.1 Å². The van der Waals surface area contributed by atoms with Crippen LogP contribution in [0.2, 0.25) is 5.02 Å². The van der Waals surface area contributed by atoms with Gasteiger partial charge in [0.25, 0.3) is 0 Å². The summed E-state index contributed by atoms with van der Waals surface area (Å²) in [5.41, 5.74) is 0.389. The van der Waals surface area contributed by atoms with E-state index < -0.39 is 11.8 Å². The molecule has 16 heavy (non-hydrogen) atoms. The van der Waals surface area contributed by atoms with Crippen molar-refractivity contribution in [2.75, 3.05) is 0 Å². The van der Waals surface area contributed by atoms with Crippen LogP contribution in [0, 0.1) is 5.82 Å². The van der Waals surface area contributed by atoms with Crippen LogP contribution in [0.15, 0.2) is 16.5 Å². The van der Waals surface area contributed by atoms with Gasteiger partial charge in [0.15, 0.2) is 11.4 Å². The van der Waals surface area contributed by atoms with Crippen molar-refractivity contribution in [3.05, 3.63) is 34.3 Å². The van der Waals surface area contributed by atoms with Gasteiger partial charge in [-0.05, 0) is 18.6 Å². The predicted octanol–water partition coefficient (Wildman–Crippen LogP) is 3.49. The number of hydrogen-bond donors (Lipinski definition) is 1. The summed E-state index contributed by atoms with van der Waals surface area (Å²) in [5.74, 6) is -2.15. The molecule has 0 saturated heterocycles. The molecule has 0 radical (unpaired) electrons. The van der Waals surface area contributed by atoms with Crippen molar-refractivity contribution in [3.63, 3.8) is 0 Å². The highest BCUT2D eigenvalue weighted by atomic mass is 35.5. The molecule has 0 atom stereocenters. The molecule has 3 nitrogen and oxygen atoms in total. The Balaban J connectivity index is 2.87. The molecule has 0 unspecified atom stereocenters. The number of aryl methyl sites for hydroxylation is 1. The number of fused-ring (bicyclic) bond motifs is 1. The van der Waals surface area contributed by atoms with Crippen LogP contribution in [0.3, 0.4) is 0 Å². The van der Waals surface area contributed by atoms with E-state index in [1.165, 1.54) is 6.07 Å². The molecule has 1 aromatic carbocycles. The number of furan rings is 1. The first kappa shape index (κ1) is 11.0. The zero-order valence-electron chi connectivity index (χ0n) is 8.38. The highest BCUT2D eigenvalue weighted by Crippen LogP contribution is 2.31. The predicted molar refractivity (Wildman–Crippen MR) is 57.5 cm³/mol. The molecule has 0 aliphatic rings. The molecule has 84 valence electrons. The lowest BCUT2D eigenvalue weighted by Gasteiger charge is -1.95. The van der Waals surface area contributed by atoms with Crippen molar-refractivity contribution in [3.8, 4) is 0 Å². The Bertz CT molecular complexity index is 574. The van der Waals surface area contributed by atoms with E-state index in [1.54, 1.807) is 13.0 Å². The molecule has 2 aromatic rings. The molecule has 0 spiro atoms.